The Hall–Kier alpha value is -1.12. The van der Waals surface area contributed by atoms with Crippen LogP contribution in [0.5, 0.6) is 0 Å². The molecule has 1 aromatic carbocycles. The van der Waals surface area contributed by atoms with Crippen molar-refractivity contribution in [3.63, 3.8) is 0 Å². The minimum absolute atomic E-state index is 0.0301. The molecule has 15 heavy (non-hydrogen) atoms. The standard InChI is InChI=1S/C8H6BFIN2O2/c9-11-5-2-1-3-6(8(5)10)13-7(14)4-12-15/h1-4,15H,(H,13,14)/q-1/b12-4-. The number of benzene rings is 1. The molecule has 0 unspecified atom stereocenters. The van der Waals surface area contributed by atoms with Gasteiger partial charge in [0.1, 0.15) is 0 Å². The maximum atomic E-state index is 13.5. The van der Waals surface area contributed by atoms with E-state index < -0.39 is 32.7 Å². The van der Waals surface area contributed by atoms with E-state index in [1.54, 1.807) is 12.1 Å². The first-order chi connectivity index (χ1) is 7.19. The number of amides is 1. The number of rotatable bonds is 3. The Morgan fingerprint density at radius 3 is 3.00 bits per heavy atom. The van der Waals surface area contributed by atoms with Crippen LogP contribution in [0.1, 0.15) is 0 Å². The molecule has 0 atom stereocenters. The molecule has 78 valence electrons. The molecule has 2 radical (unpaired) electrons. The number of halogens is 2. The van der Waals surface area contributed by atoms with Crippen LogP contribution in [0, 0.1) is 9.39 Å². The molecule has 0 bridgehead atoms. The third-order valence-corrected chi connectivity index (χ3v) is 3.01. The van der Waals surface area contributed by atoms with Crippen molar-refractivity contribution in [2.75, 3.05) is 5.32 Å². The SMILES string of the molecule is [B][I-]c1cccc(NC(=O)/C=N\O)c1F. The van der Waals surface area contributed by atoms with E-state index in [1.807, 2.05) is 0 Å². The summed E-state index contributed by atoms with van der Waals surface area (Å²) in [5.74, 6) is -1.24. The summed E-state index contributed by atoms with van der Waals surface area (Å²) in [6.07, 6.45) is 0.642. The zero-order valence-corrected chi connectivity index (χ0v) is 9.60. The van der Waals surface area contributed by atoms with Gasteiger partial charge in [0.25, 0.3) is 0 Å². The second-order valence-electron chi connectivity index (χ2n) is 2.44. The van der Waals surface area contributed by atoms with E-state index in [0.717, 1.165) is 0 Å². The normalized spacial score (nSPS) is 10.7. The topological polar surface area (TPSA) is 61.7 Å². The summed E-state index contributed by atoms with van der Waals surface area (Å²) in [6.45, 7) is 0. The van der Waals surface area contributed by atoms with Crippen LogP contribution in [-0.4, -0.2) is 23.0 Å². The second kappa shape index (κ2) is 5.69. The van der Waals surface area contributed by atoms with Gasteiger partial charge in [-0.05, 0) is 0 Å². The third kappa shape index (κ3) is 3.19. The number of nitrogens with zero attached hydrogens (tertiary/aromatic N) is 1. The number of hydrogen-bond acceptors (Lipinski definition) is 3. The van der Waals surface area contributed by atoms with Gasteiger partial charge in [0, 0.05) is 0 Å². The molecule has 0 aliphatic rings. The fourth-order valence-electron chi connectivity index (χ4n) is 0.902. The van der Waals surface area contributed by atoms with Gasteiger partial charge in [-0.3, -0.25) is 0 Å². The van der Waals surface area contributed by atoms with Crippen molar-refractivity contribution in [1.29, 1.82) is 0 Å². The fraction of sp³-hybridized carbons (Fsp3) is 0. The van der Waals surface area contributed by atoms with Crippen LogP contribution < -0.4 is 26.3 Å². The summed E-state index contributed by atoms with van der Waals surface area (Å²) in [5, 5.41) is 12.8. The quantitative estimate of drug-likeness (QED) is 0.214. The molecule has 1 amide bonds. The van der Waals surface area contributed by atoms with Gasteiger partial charge in [-0.1, -0.05) is 0 Å². The van der Waals surface area contributed by atoms with Crippen molar-refractivity contribution >= 4 is 23.5 Å². The predicted molar refractivity (Wildman–Crippen MR) is 49.8 cm³/mol. The first-order valence-corrected chi connectivity index (χ1v) is 6.12. The van der Waals surface area contributed by atoms with E-state index >= 15 is 0 Å². The molecule has 0 saturated carbocycles. The van der Waals surface area contributed by atoms with Gasteiger partial charge >= 0.3 is 97.0 Å². The van der Waals surface area contributed by atoms with Crippen molar-refractivity contribution in [3.05, 3.63) is 27.6 Å². The zero-order valence-electron chi connectivity index (χ0n) is 7.45. The molecule has 0 spiro atoms. The van der Waals surface area contributed by atoms with Crippen molar-refractivity contribution in [1.82, 2.24) is 0 Å². The van der Waals surface area contributed by atoms with Gasteiger partial charge in [-0.15, -0.1) is 0 Å². The Balaban J connectivity index is 2.90. The van der Waals surface area contributed by atoms with Gasteiger partial charge in [0.05, 0.1) is 0 Å². The fourth-order valence-corrected chi connectivity index (χ4v) is 1.88. The molecule has 7 heteroatoms. The molecular weight excluding hydrogens is 313 g/mol. The molecule has 0 aliphatic carbocycles. The first-order valence-electron chi connectivity index (χ1n) is 3.79. The number of hydrogen-bond donors (Lipinski definition) is 2. The van der Waals surface area contributed by atoms with E-state index in [4.69, 9.17) is 10.9 Å². The second-order valence-corrected chi connectivity index (χ2v) is 4.23. The molecule has 2 N–H and O–H groups in total. The molecule has 1 rings (SSSR count). The Bertz CT molecular complexity index is 400. The summed E-state index contributed by atoms with van der Waals surface area (Å²) in [6, 6.07) is 4.57. The first kappa shape index (κ1) is 12.0. The zero-order chi connectivity index (χ0) is 11.3. The van der Waals surface area contributed by atoms with Crippen LogP contribution >= 0.6 is 0 Å². The predicted octanol–water partition coefficient (Wildman–Crippen LogP) is -2.43. The van der Waals surface area contributed by atoms with Crippen molar-refractivity contribution in [2.45, 2.75) is 0 Å². The van der Waals surface area contributed by atoms with Gasteiger partial charge in [-0.25, -0.2) is 0 Å². The van der Waals surface area contributed by atoms with Crippen LogP contribution in [0.4, 0.5) is 10.1 Å². The molecule has 0 aliphatic heterocycles. The van der Waals surface area contributed by atoms with Crippen LogP contribution in [0.2, 0.25) is 0 Å². The number of oxime groups is 1. The number of carbonyl (C=O) groups is 1. The van der Waals surface area contributed by atoms with E-state index in [1.165, 1.54) is 6.07 Å². The summed E-state index contributed by atoms with van der Waals surface area (Å²) < 4.78 is 13.9. The summed E-state index contributed by atoms with van der Waals surface area (Å²) in [5.41, 5.74) is 5.43. The molecule has 0 fully saturated rings. The Labute approximate surface area is 97.0 Å². The maximum absolute atomic E-state index is 13.5. The van der Waals surface area contributed by atoms with Crippen LogP contribution in [-0.2, 0) is 4.79 Å². The monoisotopic (exact) mass is 319 g/mol. The van der Waals surface area contributed by atoms with E-state index in [2.05, 4.69) is 10.5 Å². The Morgan fingerprint density at radius 1 is 1.67 bits per heavy atom. The van der Waals surface area contributed by atoms with E-state index in [9.17, 15) is 9.18 Å². The van der Waals surface area contributed by atoms with Crippen LogP contribution in [0.3, 0.4) is 0 Å². The molecule has 4 nitrogen and oxygen atoms in total. The average molecular weight is 319 g/mol. The van der Waals surface area contributed by atoms with Crippen molar-refractivity contribution < 1.29 is 35.4 Å². The van der Waals surface area contributed by atoms with E-state index in [-0.39, 0.29) is 5.69 Å². The van der Waals surface area contributed by atoms with Crippen molar-refractivity contribution in [2.24, 2.45) is 5.16 Å². The summed E-state index contributed by atoms with van der Waals surface area (Å²) in [7, 11) is 0. The number of carbonyl (C=O) groups excluding carboxylic acids is 1. The van der Waals surface area contributed by atoms with E-state index in [0.29, 0.717) is 9.78 Å². The van der Waals surface area contributed by atoms with Crippen molar-refractivity contribution in [3.8, 4) is 0 Å². The number of anilines is 1. The minimum atomic E-state index is -0.873. The summed E-state index contributed by atoms with van der Waals surface area (Å²) >= 11 is -0.873. The van der Waals surface area contributed by atoms with Gasteiger partial charge < -0.3 is 0 Å². The third-order valence-electron chi connectivity index (χ3n) is 1.50. The number of nitrogens with one attached hydrogen (secondary N) is 1. The molecular formula is C8H6BFIN2O2-. The average Bonchev–Trinajstić information content (AvgIpc) is 2.21. The van der Waals surface area contributed by atoms with Gasteiger partial charge in [0.2, 0.25) is 0 Å². The van der Waals surface area contributed by atoms with Gasteiger partial charge in [0.15, 0.2) is 0 Å². The molecule has 1 aromatic rings. The van der Waals surface area contributed by atoms with Crippen LogP contribution in [0.25, 0.3) is 0 Å². The van der Waals surface area contributed by atoms with Gasteiger partial charge in [-0.2, -0.15) is 0 Å². The van der Waals surface area contributed by atoms with Crippen LogP contribution in [0.15, 0.2) is 23.4 Å². The molecule has 0 saturated heterocycles. The Morgan fingerprint density at radius 2 is 2.40 bits per heavy atom. The molecule has 0 aromatic heterocycles. The Kier molecular flexibility index (Phi) is 4.54. The summed E-state index contributed by atoms with van der Waals surface area (Å²) in [4.78, 5) is 11.0. The molecule has 0 heterocycles.